The predicted molar refractivity (Wildman–Crippen MR) is 113 cm³/mol. The van der Waals surface area contributed by atoms with Crippen LogP contribution in [0.15, 0.2) is 35.3 Å². The van der Waals surface area contributed by atoms with Crippen molar-refractivity contribution in [3.63, 3.8) is 0 Å². The van der Waals surface area contributed by atoms with Gasteiger partial charge in [0.1, 0.15) is 41.6 Å². The quantitative estimate of drug-likeness (QED) is 0.474. The van der Waals surface area contributed by atoms with Crippen LogP contribution in [0.2, 0.25) is 0 Å². The van der Waals surface area contributed by atoms with E-state index in [4.69, 9.17) is 14.2 Å². The molecule has 0 aliphatic carbocycles. The predicted octanol–water partition coefficient (Wildman–Crippen LogP) is 3.15. The number of halogens is 5. The van der Waals surface area contributed by atoms with Crippen molar-refractivity contribution in [1.29, 1.82) is 5.26 Å². The zero-order valence-corrected chi connectivity index (χ0v) is 18.6. The average molecular weight is 519 g/mol. The molecule has 0 amide bonds. The standard InChI is InChI=1S/C23H14F5N5O4/c24-14-3-11(4-15(25)18(14)37-12-1-2-30-16(5-12)23(26,27)28)8-35-19-13(6-29)20-32(21(34)31-19)9-22-10-36-17(22)7-33(20)22/h1-5,17H,7-10H2. The molecular formula is C23H14F5N5O4. The van der Waals surface area contributed by atoms with Crippen molar-refractivity contribution < 1.29 is 36.2 Å². The van der Waals surface area contributed by atoms with Gasteiger partial charge in [0, 0.05) is 18.8 Å². The Morgan fingerprint density at radius 3 is 2.62 bits per heavy atom. The summed E-state index contributed by atoms with van der Waals surface area (Å²) in [6.45, 7) is 0.817. The first kappa shape index (κ1) is 23.2. The van der Waals surface area contributed by atoms with Gasteiger partial charge in [0.05, 0.1) is 13.2 Å². The van der Waals surface area contributed by atoms with E-state index in [1.807, 2.05) is 11.0 Å². The molecule has 2 fully saturated rings. The van der Waals surface area contributed by atoms with Crippen molar-refractivity contribution >= 4 is 5.82 Å². The van der Waals surface area contributed by atoms with Crippen LogP contribution in [-0.2, 0) is 24.1 Å². The Kier molecular flexibility index (Phi) is 4.93. The van der Waals surface area contributed by atoms with Crippen LogP contribution in [0, 0.1) is 23.0 Å². The number of morpholine rings is 1. The molecule has 2 aromatic heterocycles. The van der Waals surface area contributed by atoms with Crippen LogP contribution in [0.25, 0.3) is 0 Å². The molecule has 1 spiro atoms. The van der Waals surface area contributed by atoms with Gasteiger partial charge in [0.2, 0.25) is 5.88 Å². The molecule has 0 bridgehead atoms. The van der Waals surface area contributed by atoms with Gasteiger partial charge in [-0.15, -0.1) is 0 Å². The largest absolute Gasteiger partial charge is 0.472 e. The molecule has 14 heteroatoms. The summed E-state index contributed by atoms with van der Waals surface area (Å²) in [5.41, 5.74) is -2.30. The van der Waals surface area contributed by atoms with Crippen LogP contribution in [0.5, 0.6) is 17.4 Å². The second-order valence-electron chi connectivity index (χ2n) is 8.76. The van der Waals surface area contributed by atoms with Crippen molar-refractivity contribution in [2.75, 3.05) is 18.1 Å². The number of rotatable bonds is 5. The highest BCUT2D eigenvalue weighted by atomic mass is 19.4. The van der Waals surface area contributed by atoms with Crippen LogP contribution in [0.1, 0.15) is 16.8 Å². The molecule has 2 saturated heterocycles. The van der Waals surface area contributed by atoms with E-state index in [2.05, 4.69) is 9.97 Å². The van der Waals surface area contributed by atoms with E-state index in [1.165, 1.54) is 4.57 Å². The summed E-state index contributed by atoms with van der Waals surface area (Å²) in [5, 5.41) is 9.75. The Balaban J connectivity index is 1.23. The molecule has 0 N–H and O–H groups in total. The smallest absolute Gasteiger partial charge is 0.433 e. The molecule has 3 aliphatic rings. The number of aromatic nitrogens is 3. The number of hydrogen-bond acceptors (Lipinski definition) is 8. The van der Waals surface area contributed by atoms with Gasteiger partial charge >= 0.3 is 11.9 Å². The Hall–Kier alpha value is -4.25. The first-order valence-corrected chi connectivity index (χ1v) is 10.9. The van der Waals surface area contributed by atoms with Crippen LogP contribution in [0.3, 0.4) is 0 Å². The van der Waals surface area contributed by atoms with Gasteiger partial charge < -0.3 is 19.1 Å². The number of alkyl halides is 3. The Morgan fingerprint density at radius 1 is 1.24 bits per heavy atom. The minimum atomic E-state index is -4.77. The second-order valence-corrected chi connectivity index (χ2v) is 8.76. The molecule has 2 unspecified atom stereocenters. The third-order valence-corrected chi connectivity index (χ3v) is 6.62. The fraction of sp³-hybridized carbons (Fsp3) is 0.304. The van der Waals surface area contributed by atoms with Gasteiger partial charge in [0.25, 0.3) is 0 Å². The SMILES string of the molecule is N#Cc1c(OCc2cc(F)c(Oc3ccnc(C(F)(F)F)c3)c(F)c2)nc(=O)n2c1N1CC3OCC31C2. The Bertz CT molecular complexity index is 1530. The lowest BCUT2D eigenvalue weighted by Crippen LogP contribution is -2.80. The highest BCUT2D eigenvalue weighted by molar-refractivity contribution is 5.66. The maximum Gasteiger partial charge on any atom is 0.433 e. The van der Waals surface area contributed by atoms with E-state index in [9.17, 15) is 32.0 Å². The summed E-state index contributed by atoms with van der Waals surface area (Å²) < 4.78 is 85.2. The highest BCUT2D eigenvalue weighted by Gasteiger charge is 2.66. The topological polar surface area (TPSA) is 102 Å². The highest BCUT2D eigenvalue weighted by Crippen LogP contribution is 2.51. The number of anilines is 1. The normalized spacial score (nSPS) is 21.2. The lowest BCUT2D eigenvalue weighted by molar-refractivity contribution is -0.174. The first-order valence-electron chi connectivity index (χ1n) is 10.9. The molecule has 0 saturated carbocycles. The number of nitriles is 1. The van der Waals surface area contributed by atoms with E-state index in [0.29, 0.717) is 31.6 Å². The number of nitrogens with zero attached hydrogens (tertiary/aromatic N) is 5. The molecule has 3 aromatic rings. The van der Waals surface area contributed by atoms with Crippen molar-refractivity contribution in [2.24, 2.45) is 0 Å². The van der Waals surface area contributed by atoms with Crippen LogP contribution >= 0.6 is 0 Å². The van der Waals surface area contributed by atoms with Gasteiger partial charge in [-0.25, -0.2) is 13.6 Å². The second kappa shape index (κ2) is 7.87. The fourth-order valence-corrected chi connectivity index (χ4v) is 4.75. The van der Waals surface area contributed by atoms with Crippen LogP contribution in [0.4, 0.5) is 27.8 Å². The van der Waals surface area contributed by atoms with Gasteiger partial charge in [-0.1, -0.05) is 0 Å². The van der Waals surface area contributed by atoms with E-state index < -0.39 is 47.3 Å². The molecule has 2 atom stereocenters. The summed E-state index contributed by atoms with van der Waals surface area (Å²) in [6, 6.07) is 5.24. The summed E-state index contributed by atoms with van der Waals surface area (Å²) in [4.78, 5) is 21.5. The van der Waals surface area contributed by atoms with Crippen molar-refractivity contribution in [1.82, 2.24) is 14.5 Å². The Labute approximate surface area is 204 Å². The molecule has 9 nitrogen and oxygen atoms in total. The number of benzene rings is 1. The van der Waals surface area contributed by atoms with Crippen LogP contribution < -0.4 is 20.1 Å². The maximum absolute atomic E-state index is 14.6. The molecular weight excluding hydrogens is 505 g/mol. The number of fused-ring (bicyclic) bond motifs is 2. The lowest BCUT2D eigenvalue weighted by atomic mass is 9.78. The lowest BCUT2D eigenvalue weighted by Gasteiger charge is -2.61. The van der Waals surface area contributed by atoms with Gasteiger partial charge in [-0.05, 0) is 23.8 Å². The van der Waals surface area contributed by atoms with E-state index in [1.54, 1.807) is 0 Å². The molecule has 3 aliphatic heterocycles. The summed E-state index contributed by atoms with van der Waals surface area (Å²) in [7, 11) is 0. The maximum atomic E-state index is 14.6. The summed E-state index contributed by atoms with van der Waals surface area (Å²) >= 11 is 0. The van der Waals surface area contributed by atoms with Crippen molar-refractivity contribution in [3.05, 3.63) is 69.4 Å². The van der Waals surface area contributed by atoms with Gasteiger partial charge in [-0.2, -0.15) is 23.4 Å². The van der Waals surface area contributed by atoms with Gasteiger partial charge in [-0.3, -0.25) is 9.55 Å². The van der Waals surface area contributed by atoms with E-state index in [0.717, 1.165) is 24.4 Å². The molecule has 0 radical (unpaired) electrons. The van der Waals surface area contributed by atoms with Gasteiger partial charge in [0.15, 0.2) is 22.9 Å². The zero-order chi connectivity index (χ0) is 26.1. The molecule has 190 valence electrons. The van der Waals surface area contributed by atoms with Crippen LogP contribution in [-0.4, -0.2) is 39.3 Å². The molecule has 37 heavy (non-hydrogen) atoms. The summed E-state index contributed by atoms with van der Waals surface area (Å²) in [6.07, 6.45) is -3.99. The van der Waals surface area contributed by atoms with Crippen molar-refractivity contribution in [2.45, 2.75) is 31.0 Å². The average Bonchev–Trinajstić information content (AvgIpc) is 3.17. The molecule has 6 rings (SSSR count). The van der Waals surface area contributed by atoms with E-state index in [-0.39, 0.29) is 28.6 Å². The van der Waals surface area contributed by atoms with E-state index >= 15 is 0 Å². The zero-order valence-electron chi connectivity index (χ0n) is 18.6. The fourth-order valence-electron chi connectivity index (χ4n) is 4.75. The third-order valence-electron chi connectivity index (χ3n) is 6.62. The molecule has 5 heterocycles. The molecule has 1 aromatic carbocycles. The van der Waals surface area contributed by atoms with Crippen molar-refractivity contribution in [3.8, 4) is 23.4 Å². The monoisotopic (exact) mass is 519 g/mol. The minimum Gasteiger partial charge on any atom is -0.472 e. The first-order chi connectivity index (χ1) is 17.6. The number of ether oxygens (including phenoxy) is 3. The summed E-state index contributed by atoms with van der Waals surface area (Å²) in [5.74, 6) is -3.70. The number of hydrogen-bond donors (Lipinski definition) is 0. The third kappa shape index (κ3) is 3.49. The Morgan fingerprint density at radius 2 is 2.00 bits per heavy atom. The minimum absolute atomic E-state index is 0.0147. The number of pyridine rings is 1.